The summed E-state index contributed by atoms with van der Waals surface area (Å²) in [6, 6.07) is 19.0. The lowest BCUT2D eigenvalue weighted by atomic mass is 10.2. The molecule has 3 heterocycles. The molecule has 2 aromatic carbocycles. The van der Waals surface area contributed by atoms with Crippen LogP contribution >= 0.6 is 46.3 Å². The Hall–Kier alpha value is -3.15. The number of hydrogen-bond donors (Lipinski definition) is 0. The van der Waals surface area contributed by atoms with Crippen LogP contribution in [0.15, 0.2) is 81.9 Å². The van der Waals surface area contributed by atoms with E-state index >= 15 is 0 Å². The van der Waals surface area contributed by atoms with Crippen molar-refractivity contribution in [2.45, 2.75) is 17.5 Å². The van der Waals surface area contributed by atoms with E-state index in [1.165, 1.54) is 23.1 Å². The molecule has 0 fully saturated rings. The lowest BCUT2D eigenvalue weighted by Crippen LogP contribution is -2.36. The minimum absolute atomic E-state index is 0.0859. The monoisotopic (exact) mass is 612 g/mol. The van der Waals surface area contributed by atoms with Gasteiger partial charge in [-0.05, 0) is 50.0 Å². The highest BCUT2D eigenvalue weighted by Gasteiger charge is 2.22. The zero-order valence-electron chi connectivity index (χ0n) is 21.8. The summed E-state index contributed by atoms with van der Waals surface area (Å²) < 4.78 is 7.46. The van der Waals surface area contributed by atoms with Crippen molar-refractivity contribution in [3.8, 4) is 17.3 Å². The van der Waals surface area contributed by atoms with Gasteiger partial charge in [-0.1, -0.05) is 65.3 Å². The van der Waals surface area contributed by atoms with Gasteiger partial charge < -0.3 is 14.2 Å². The largest absolute Gasteiger partial charge is 0.461 e. The summed E-state index contributed by atoms with van der Waals surface area (Å²) in [5.41, 5.74) is 2.27. The van der Waals surface area contributed by atoms with Gasteiger partial charge in [-0.3, -0.25) is 9.36 Å². The van der Waals surface area contributed by atoms with Crippen LogP contribution in [0.3, 0.4) is 0 Å². The summed E-state index contributed by atoms with van der Waals surface area (Å²) in [7, 11) is 3.99. The molecule has 0 unspecified atom stereocenters. The molecule has 5 aromatic rings. The highest BCUT2D eigenvalue weighted by atomic mass is 35.5. The van der Waals surface area contributed by atoms with Gasteiger partial charge in [-0.2, -0.15) is 0 Å². The molecular formula is C28H26Cl2N6O2S2. The first kappa shape index (κ1) is 28.4. The van der Waals surface area contributed by atoms with E-state index in [0.29, 0.717) is 51.3 Å². The second kappa shape index (κ2) is 13.0. The van der Waals surface area contributed by atoms with Gasteiger partial charge in [0.2, 0.25) is 5.82 Å². The summed E-state index contributed by atoms with van der Waals surface area (Å²) >= 11 is 15.4. The highest BCUT2D eigenvalue weighted by molar-refractivity contribution is 7.98. The van der Waals surface area contributed by atoms with Crippen LogP contribution in [-0.4, -0.2) is 62.6 Å². The molecule has 0 aliphatic rings. The number of benzene rings is 2. The third kappa shape index (κ3) is 6.76. The third-order valence-electron chi connectivity index (χ3n) is 5.95. The van der Waals surface area contributed by atoms with E-state index in [0.717, 1.165) is 22.8 Å². The van der Waals surface area contributed by atoms with Crippen molar-refractivity contribution in [2.24, 2.45) is 0 Å². The summed E-state index contributed by atoms with van der Waals surface area (Å²) in [5.74, 6) is 1.53. The number of carbonyl (C=O) groups is 1. The maximum Gasteiger partial charge on any atom is 0.273 e. The average molecular weight is 614 g/mol. The number of hydrogen-bond acceptors (Lipinski definition) is 8. The predicted molar refractivity (Wildman–Crippen MR) is 160 cm³/mol. The SMILES string of the molecule is CN(C)CCN(Cc1ccccc1)C(=O)c1csc(CSc2nnc(-c3ccco3)n2-c2ccc(Cl)c(Cl)c2)n1. The van der Waals surface area contributed by atoms with Crippen molar-refractivity contribution >= 4 is 52.2 Å². The minimum Gasteiger partial charge on any atom is -0.461 e. The molecule has 1 amide bonds. The van der Waals surface area contributed by atoms with E-state index in [1.54, 1.807) is 24.5 Å². The first-order valence-corrected chi connectivity index (χ1v) is 15.0. The number of halogens is 2. The lowest BCUT2D eigenvalue weighted by molar-refractivity contribution is 0.0726. The Labute approximate surface area is 250 Å². The van der Waals surface area contributed by atoms with Gasteiger partial charge in [0.15, 0.2) is 10.9 Å². The fourth-order valence-electron chi connectivity index (χ4n) is 3.93. The van der Waals surface area contributed by atoms with Crippen molar-refractivity contribution in [3.05, 3.63) is 98.6 Å². The first-order chi connectivity index (χ1) is 19.4. The first-order valence-electron chi connectivity index (χ1n) is 12.4. The fourth-order valence-corrected chi connectivity index (χ4v) is 5.96. The summed E-state index contributed by atoms with van der Waals surface area (Å²) in [6.07, 6.45) is 1.59. The molecule has 0 bridgehead atoms. The number of thioether (sulfide) groups is 1. The van der Waals surface area contributed by atoms with Crippen LogP contribution < -0.4 is 0 Å². The van der Waals surface area contributed by atoms with E-state index in [-0.39, 0.29) is 5.91 Å². The molecule has 0 N–H and O–H groups in total. The molecule has 5 rings (SSSR count). The quantitative estimate of drug-likeness (QED) is 0.152. The van der Waals surface area contributed by atoms with Gasteiger partial charge in [-0.15, -0.1) is 21.5 Å². The predicted octanol–water partition coefficient (Wildman–Crippen LogP) is 6.79. The number of aromatic nitrogens is 4. The van der Waals surface area contributed by atoms with E-state index in [4.69, 9.17) is 27.6 Å². The van der Waals surface area contributed by atoms with E-state index in [1.807, 2.05) is 71.4 Å². The molecule has 0 saturated carbocycles. The summed E-state index contributed by atoms with van der Waals surface area (Å²) in [5, 5.41) is 12.9. The zero-order chi connectivity index (χ0) is 28.1. The maximum atomic E-state index is 13.5. The van der Waals surface area contributed by atoms with Crippen molar-refractivity contribution in [3.63, 3.8) is 0 Å². The molecule has 0 aliphatic heterocycles. The molecule has 206 valence electrons. The van der Waals surface area contributed by atoms with Gasteiger partial charge in [0, 0.05) is 25.0 Å². The third-order valence-corrected chi connectivity index (χ3v) is 8.66. The molecule has 0 aliphatic carbocycles. The number of rotatable bonds is 11. The molecule has 8 nitrogen and oxygen atoms in total. The van der Waals surface area contributed by atoms with Gasteiger partial charge in [0.25, 0.3) is 5.91 Å². The van der Waals surface area contributed by atoms with Crippen LogP contribution in [0.25, 0.3) is 17.3 Å². The molecule has 0 spiro atoms. The number of thiazole rings is 1. The smallest absolute Gasteiger partial charge is 0.273 e. The van der Waals surface area contributed by atoms with Crippen LogP contribution in [0.2, 0.25) is 10.0 Å². The lowest BCUT2D eigenvalue weighted by Gasteiger charge is -2.24. The number of nitrogens with zero attached hydrogens (tertiary/aromatic N) is 6. The molecule has 0 radical (unpaired) electrons. The van der Waals surface area contributed by atoms with E-state index < -0.39 is 0 Å². The van der Waals surface area contributed by atoms with Crippen LogP contribution in [-0.2, 0) is 12.3 Å². The Morgan fingerprint density at radius 3 is 2.58 bits per heavy atom. The molecular weight excluding hydrogens is 587 g/mol. The number of carbonyl (C=O) groups excluding carboxylic acids is 1. The van der Waals surface area contributed by atoms with Crippen LogP contribution in [0.4, 0.5) is 0 Å². The highest BCUT2D eigenvalue weighted by Crippen LogP contribution is 2.33. The number of furan rings is 1. The van der Waals surface area contributed by atoms with Crippen molar-refractivity contribution < 1.29 is 9.21 Å². The molecule has 12 heteroatoms. The van der Waals surface area contributed by atoms with Crippen molar-refractivity contribution in [1.82, 2.24) is 29.5 Å². The zero-order valence-corrected chi connectivity index (χ0v) is 25.0. The Morgan fingerprint density at radius 1 is 1.02 bits per heavy atom. The number of amides is 1. The van der Waals surface area contributed by atoms with Gasteiger partial charge in [0.05, 0.1) is 27.7 Å². The second-order valence-corrected chi connectivity index (χ2v) is 11.8. The van der Waals surface area contributed by atoms with Gasteiger partial charge in [-0.25, -0.2) is 4.98 Å². The van der Waals surface area contributed by atoms with Gasteiger partial charge >= 0.3 is 0 Å². The summed E-state index contributed by atoms with van der Waals surface area (Å²) in [6.45, 7) is 1.88. The second-order valence-electron chi connectivity index (χ2n) is 9.15. The van der Waals surface area contributed by atoms with Crippen LogP contribution in [0.1, 0.15) is 21.1 Å². The number of likely N-dealkylation sites (N-methyl/N-ethyl adjacent to an activating group) is 1. The van der Waals surface area contributed by atoms with E-state index in [2.05, 4.69) is 20.1 Å². The summed E-state index contributed by atoms with van der Waals surface area (Å²) in [4.78, 5) is 22.1. The fraction of sp³-hybridized carbons (Fsp3) is 0.214. The minimum atomic E-state index is -0.0859. The van der Waals surface area contributed by atoms with Crippen molar-refractivity contribution in [2.75, 3.05) is 27.2 Å². The normalized spacial score (nSPS) is 11.3. The Morgan fingerprint density at radius 2 is 1.85 bits per heavy atom. The Balaban J connectivity index is 1.35. The van der Waals surface area contributed by atoms with E-state index in [9.17, 15) is 4.79 Å². The van der Waals surface area contributed by atoms with Crippen LogP contribution in [0.5, 0.6) is 0 Å². The maximum absolute atomic E-state index is 13.5. The molecule has 0 saturated heterocycles. The van der Waals surface area contributed by atoms with Crippen LogP contribution in [0, 0.1) is 0 Å². The molecule has 0 atom stereocenters. The average Bonchev–Trinajstić information content (AvgIpc) is 3.72. The molecule has 3 aromatic heterocycles. The van der Waals surface area contributed by atoms with Crippen molar-refractivity contribution in [1.29, 1.82) is 0 Å². The van der Waals surface area contributed by atoms with Gasteiger partial charge in [0.1, 0.15) is 10.7 Å². The Kier molecular flexibility index (Phi) is 9.23. The Bertz CT molecular complexity index is 1570. The standard InChI is InChI=1S/C28H26Cl2N6O2S2/c1-34(2)12-13-35(16-19-7-4-3-5-8-19)27(37)23-17-39-25(31-23)18-40-28-33-32-26(24-9-6-14-38-24)36(28)20-10-11-21(29)22(30)15-20/h3-11,14-15,17H,12-13,16,18H2,1-2H3. The topological polar surface area (TPSA) is 80.3 Å². The molecule has 40 heavy (non-hydrogen) atoms.